The van der Waals surface area contributed by atoms with Gasteiger partial charge in [-0.1, -0.05) is 28.1 Å². The van der Waals surface area contributed by atoms with Crippen molar-refractivity contribution >= 4 is 25.8 Å². The second-order valence-electron chi connectivity index (χ2n) is 4.53. The summed E-state index contributed by atoms with van der Waals surface area (Å²) in [5, 5.41) is 0. The fourth-order valence-electron chi connectivity index (χ4n) is 1.72. The molecule has 21 heavy (non-hydrogen) atoms. The zero-order chi connectivity index (χ0) is 15.5. The molecule has 0 atom stereocenters. The molecule has 0 aliphatic carbocycles. The van der Waals surface area contributed by atoms with E-state index in [1.807, 2.05) is 24.3 Å². The first-order valence-electron chi connectivity index (χ1n) is 6.15. The molecule has 0 aliphatic rings. The first-order valence-corrected chi connectivity index (χ1v) is 8.83. The summed E-state index contributed by atoms with van der Waals surface area (Å²) in [5.41, 5.74) is 0.969. The Bertz CT molecular complexity index is 724. The summed E-state index contributed by atoms with van der Waals surface area (Å²) in [6.45, 7) is 0.351. The van der Waals surface area contributed by atoms with Crippen LogP contribution < -0.4 is 9.47 Å². The highest BCUT2D eigenvalue weighted by atomic mass is 79.9. The van der Waals surface area contributed by atoms with E-state index >= 15 is 0 Å². The van der Waals surface area contributed by atoms with Crippen molar-refractivity contribution in [2.24, 2.45) is 0 Å². The van der Waals surface area contributed by atoms with Gasteiger partial charge in [0.1, 0.15) is 18.1 Å². The molecule has 0 fully saturated rings. The van der Waals surface area contributed by atoms with Crippen molar-refractivity contribution in [1.82, 2.24) is 0 Å². The molecule has 0 unspecified atom stereocenters. The van der Waals surface area contributed by atoms with E-state index < -0.39 is 9.84 Å². The Labute approximate surface area is 132 Å². The summed E-state index contributed by atoms with van der Waals surface area (Å²) >= 11 is 3.29. The van der Waals surface area contributed by atoms with Crippen LogP contribution in [0.25, 0.3) is 0 Å². The molecule has 0 heterocycles. The molecule has 2 rings (SSSR count). The number of halogens is 1. The Balaban J connectivity index is 2.14. The zero-order valence-electron chi connectivity index (χ0n) is 11.7. The quantitative estimate of drug-likeness (QED) is 0.808. The van der Waals surface area contributed by atoms with Gasteiger partial charge in [-0.05, 0) is 35.9 Å². The summed E-state index contributed by atoms with van der Waals surface area (Å²) in [6.07, 6.45) is 1.17. The number of methoxy groups -OCH3 is 1. The average Bonchev–Trinajstić information content (AvgIpc) is 2.44. The standard InChI is InChI=1S/C15H15BrO4S/c1-19-13-5-3-11(4-6-13)10-20-14-7-12(16)8-15(9-14)21(2,17)18/h3-9H,10H2,1-2H3. The van der Waals surface area contributed by atoms with E-state index in [0.29, 0.717) is 16.8 Å². The van der Waals surface area contributed by atoms with Crippen LogP contribution in [0.2, 0.25) is 0 Å². The second kappa shape index (κ2) is 6.49. The highest BCUT2D eigenvalue weighted by Crippen LogP contribution is 2.25. The van der Waals surface area contributed by atoms with Crippen molar-refractivity contribution < 1.29 is 17.9 Å². The Hall–Kier alpha value is -1.53. The number of benzene rings is 2. The van der Waals surface area contributed by atoms with Crippen LogP contribution in [0, 0.1) is 0 Å². The number of sulfone groups is 1. The highest BCUT2D eigenvalue weighted by Gasteiger charge is 2.10. The third-order valence-electron chi connectivity index (χ3n) is 2.84. The molecule has 0 bridgehead atoms. The molecular formula is C15H15BrO4S. The van der Waals surface area contributed by atoms with Crippen LogP contribution in [0.4, 0.5) is 0 Å². The minimum absolute atomic E-state index is 0.224. The van der Waals surface area contributed by atoms with Crippen molar-refractivity contribution in [3.8, 4) is 11.5 Å². The van der Waals surface area contributed by atoms with Crippen LogP contribution in [-0.4, -0.2) is 21.8 Å². The van der Waals surface area contributed by atoms with Gasteiger partial charge < -0.3 is 9.47 Å². The van der Waals surface area contributed by atoms with Gasteiger partial charge >= 0.3 is 0 Å². The van der Waals surface area contributed by atoms with E-state index in [0.717, 1.165) is 11.3 Å². The highest BCUT2D eigenvalue weighted by molar-refractivity contribution is 9.10. The maximum atomic E-state index is 11.6. The lowest BCUT2D eigenvalue weighted by molar-refractivity contribution is 0.305. The third-order valence-corrected chi connectivity index (χ3v) is 4.39. The lowest BCUT2D eigenvalue weighted by Crippen LogP contribution is -2.00. The average molecular weight is 371 g/mol. The molecule has 0 saturated heterocycles. The number of hydrogen-bond acceptors (Lipinski definition) is 4. The lowest BCUT2D eigenvalue weighted by Gasteiger charge is -2.09. The largest absolute Gasteiger partial charge is 0.497 e. The van der Waals surface area contributed by atoms with E-state index in [4.69, 9.17) is 9.47 Å². The van der Waals surface area contributed by atoms with Crippen LogP contribution >= 0.6 is 15.9 Å². The minimum atomic E-state index is -3.27. The molecule has 6 heteroatoms. The van der Waals surface area contributed by atoms with E-state index in [1.54, 1.807) is 19.2 Å². The Morgan fingerprint density at radius 2 is 1.71 bits per heavy atom. The Morgan fingerprint density at radius 1 is 1.05 bits per heavy atom. The summed E-state index contributed by atoms with van der Waals surface area (Å²) in [7, 11) is -1.66. The van der Waals surface area contributed by atoms with Crippen LogP contribution in [0.1, 0.15) is 5.56 Å². The van der Waals surface area contributed by atoms with Gasteiger partial charge in [0.2, 0.25) is 0 Å². The molecule has 0 amide bonds. The van der Waals surface area contributed by atoms with Crippen molar-refractivity contribution in [3.05, 3.63) is 52.5 Å². The zero-order valence-corrected chi connectivity index (χ0v) is 14.1. The number of hydrogen-bond donors (Lipinski definition) is 0. The van der Waals surface area contributed by atoms with Crippen molar-refractivity contribution in [3.63, 3.8) is 0 Å². The number of ether oxygens (including phenoxy) is 2. The topological polar surface area (TPSA) is 52.6 Å². The van der Waals surface area contributed by atoms with E-state index in [-0.39, 0.29) is 4.90 Å². The lowest BCUT2D eigenvalue weighted by atomic mass is 10.2. The van der Waals surface area contributed by atoms with Crippen molar-refractivity contribution in [2.75, 3.05) is 13.4 Å². The van der Waals surface area contributed by atoms with Gasteiger partial charge in [0.15, 0.2) is 9.84 Å². The van der Waals surface area contributed by atoms with Crippen LogP contribution in [-0.2, 0) is 16.4 Å². The SMILES string of the molecule is COc1ccc(COc2cc(Br)cc(S(C)(=O)=O)c2)cc1. The molecule has 0 aromatic heterocycles. The minimum Gasteiger partial charge on any atom is -0.497 e. The molecule has 0 N–H and O–H groups in total. The fraction of sp³-hybridized carbons (Fsp3) is 0.200. The molecule has 2 aromatic carbocycles. The summed E-state index contributed by atoms with van der Waals surface area (Å²) in [5.74, 6) is 1.28. The molecule has 0 aliphatic heterocycles. The molecule has 0 saturated carbocycles. The van der Waals surface area contributed by atoms with E-state index in [9.17, 15) is 8.42 Å². The second-order valence-corrected chi connectivity index (χ2v) is 7.46. The summed E-state index contributed by atoms with van der Waals surface area (Å²) in [4.78, 5) is 0.224. The van der Waals surface area contributed by atoms with Gasteiger partial charge in [-0.25, -0.2) is 8.42 Å². The Morgan fingerprint density at radius 3 is 2.29 bits per heavy atom. The predicted octanol–water partition coefficient (Wildman–Crippen LogP) is 3.44. The molecule has 4 nitrogen and oxygen atoms in total. The predicted molar refractivity (Wildman–Crippen MR) is 84.6 cm³/mol. The number of rotatable bonds is 5. The first-order chi connectivity index (χ1) is 9.88. The van der Waals surface area contributed by atoms with Gasteiger partial charge in [-0.2, -0.15) is 0 Å². The monoisotopic (exact) mass is 370 g/mol. The molecular weight excluding hydrogens is 356 g/mol. The van der Waals surface area contributed by atoms with E-state index in [1.165, 1.54) is 12.3 Å². The molecule has 2 aromatic rings. The van der Waals surface area contributed by atoms with Gasteiger partial charge in [0.05, 0.1) is 12.0 Å². The summed E-state index contributed by atoms with van der Waals surface area (Å²) < 4.78 is 34.6. The van der Waals surface area contributed by atoms with Crippen LogP contribution in [0.15, 0.2) is 51.8 Å². The smallest absolute Gasteiger partial charge is 0.175 e. The maximum Gasteiger partial charge on any atom is 0.175 e. The first kappa shape index (κ1) is 15.9. The van der Waals surface area contributed by atoms with Gasteiger partial charge in [-0.15, -0.1) is 0 Å². The summed E-state index contributed by atoms with van der Waals surface area (Å²) in [6, 6.07) is 12.3. The third kappa shape index (κ3) is 4.47. The fourth-order valence-corrected chi connectivity index (χ4v) is 3.02. The Kier molecular flexibility index (Phi) is 4.90. The van der Waals surface area contributed by atoms with Crippen molar-refractivity contribution in [1.29, 1.82) is 0 Å². The molecule has 0 radical (unpaired) electrons. The van der Waals surface area contributed by atoms with Gasteiger partial charge in [-0.3, -0.25) is 0 Å². The van der Waals surface area contributed by atoms with Crippen molar-refractivity contribution in [2.45, 2.75) is 11.5 Å². The normalized spacial score (nSPS) is 11.2. The van der Waals surface area contributed by atoms with Gasteiger partial charge in [0, 0.05) is 10.7 Å². The van der Waals surface area contributed by atoms with Crippen LogP contribution in [0.3, 0.4) is 0 Å². The molecule has 0 spiro atoms. The maximum absolute atomic E-state index is 11.6. The van der Waals surface area contributed by atoms with E-state index in [2.05, 4.69) is 15.9 Å². The van der Waals surface area contributed by atoms with Gasteiger partial charge in [0.25, 0.3) is 0 Å². The molecule has 112 valence electrons. The van der Waals surface area contributed by atoms with Crippen LogP contribution in [0.5, 0.6) is 11.5 Å².